The van der Waals surface area contributed by atoms with Crippen LogP contribution >= 0.6 is 11.6 Å². The first kappa shape index (κ1) is 21.8. The van der Waals surface area contributed by atoms with Gasteiger partial charge in [0.1, 0.15) is 10.5 Å². The minimum Gasteiger partial charge on any atom is -0.464 e. The molecule has 1 aromatic heterocycles. The van der Waals surface area contributed by atoms with Crippen LogP contribution in [0, 0.1) is 0 Å². The lowest BCUT2D eigenvalue weighted by atomic mass is 10.1. The summed E-state index contributed by atoms with van der Waals surface area (Å²) in [5, 5.41) is 3.76. The van der Waals surface area contributed by atoms with E-state index in [-0.39, 0.29) is 35.3 Å². The molecule has 1 aliphatic rings. The molecule has 0 spiro atoms. The number of hydrogen-bond donors (Lipinski definition) is 1. The summed E-state index contributed by atoms with van der Waals surface area (Å²) < 4.78 is 38.1. The maximum absolute atomic E-state index is 13.0. The molecule has 2 aromatic carbocycles. The van der Waals surface area contributed by atoms with Crippen molar-refractivity contribution in [2.45, 2.75) is 24.7 Å². The number of anilines is 1. The second-order valence-electron chi connectivity index (χ2n) is 7.33. The van der Waals surface area contributed by atoms with Crippen molar-refractivity contribution in [3.05, 3.63) is 58.8 Å². The smallest absolute Gasteiger partial charge is 0.244 e. The quantitative estimate of drug-likeness (QED) is 0.601. The van der Waals surface area contributed by atoms with Gasteiger partial charge >= 0.3 is 0 Å². The predicted molar refractivity (Wildman–Crippen MR) is 119 cm³/mol. The molecule has 31 heavy (non-hydrogen) atoms. The summed E-state index contributed by atoms with van der Waals surface area (Å²) in [7, 11) is -3.78. The van der Waals surface area contributed by atoms with Gasteiger partial charge in [0, 0.05) is 29.7 Å². The molecule has 0 aliphatic carbocycles. The van der Waals surface area contributed by atoms with Crippen LogP contribution in [0.1, 0.15) is 18.1 Å². The Morgan fingerprint density at radius 3 is 2.68 bits per heavy atom. The minimum atomic E-state index is -3.78. The van der Waals surface area contributed by atoms with Crippen LogP contribution in [0.15, 0.2) is 52.0 Å². The third kappa shape index (κ3) is 4.62. The number of fused-ring (bicyclic) bond motifs is 1. The summed E-state index contributed by atoms with van der Waals surface area (Å²) in [5.41, 5.74) is 3.04. The van der Waals surface area contributed by atoms with E-state index >= 15 is 0 Å². The SMILES string of the molecule is CCc1ccc2c(CC(=O)Nc3ccc(Cl)c(S(=O)(=O)N4CCOCC4)c3)coc2c1. The number of nitrogens with zero attached hydrogens (tertiary/aromatic N) is 1. The number of morpholine rings is 1. The predicted octanol–water partition coefficient (Wildman–Crippen LogP) is 3.85. The fraction of sp³-hybridized carbons (Fsp3) is 0.318. The Balaban J connectivity index is 1.52. The van der Waals surface area contributed by atoms with Gasteiger partial charge in [-0.25, -0.2) is 8.42 Å². The standard InChI is InChI=1S/C22H23ClN2O5S/c1-2-15-3-5-18-16(14-30-20(18)11-15)12-22(26)24-17-4-6-19(23)21(13-17)31(27,28)25-7-9-29-10-8-25/h3-6,11,13-14H,2,7-10,12H2,1H3,(H,24,26). The molecule has 3 aromatic rings. The molecular weight excluding hydrogens is 440 g/mol. The number of halogens is 1. The van der Waals surface area contributed by atoms with Gasteiger partial charge in [0.2, 0.25) is 15.9 Å². The van der Waals surface area contributed by atoms with Crippen LogP contribution in [0.2, 0.25) is 5.02 Å². The van der Waals surface area contributed by atoms with E-state index in [9.17, 15) is 13.2 Å². The van der Waals surface area contributed by atoms with Gasteiger partial charge < -0.3 is 14.5 Å². The fourth-order valence-electron chi connectivity index (χ4n) is 3.57. The third-order valence-electron chi connectivity index (χ3n) is 5.28. The molecule has 2 heterocycles. The first-order valence-electron chi connectivity index (χ1n) is 10.0. The van der Waals surface area contributed by atoms with E-state index in [1.54, 1.807) is 12.3 Å². The molecular formula is C22H23ClN2O5S. The zero-order chi connectivity index (χ0) is 22.0. The number of ether oxygens (including phenoxy) is 1. The molecule has 0 unspecified atom stereocenters. The van der Waals surface area contributed by atoms with Gasteiger partial charge in [-0.1, -0.05) is 30.7 Å². The summed E-state index contributed by atoms with van der Waals surface area (Å²) in [4.78, 5) is 12.6. The molecule has 1 N–H and O–H groups in total. The zero-order valence-electron chi connectivity index (χ0n) is 17.1. The van der Waals surface area contributed by atoms with Crippen LogP contribution in [-0.4, -0.2) is 44.9 Å². The van der Waals surface area contributed by atoms with Crippen LogP contribution in [0.4, 0.5) is 5.69 Å². The van der Waals surface area contributed by atoms with Crippen molar-refractivity contribution in [3.63, 3.8) is 0 Å². The Morgan fingerprint density at radius 2 is 1.94 bits per heavy atom. The van der Waals surface area contributed by atoms with Gasteiger partial charge in [0.25, 0.3) is 0 Å². The van der Waals surface area contributed by atoms with Crippen LogP contribution < -0.4 is 5.32 Å². The Kier molecular flexibility index (Phi) is 6.34. The highest BCUT2D eigenvalue weighted by Gasteiger charge is 2.28. The largest absolute Gasteiger partial charge is 0.464 e. The molecule has 0 saturated carbocycles. The minimum absolute atomic E-state index is 0.0327. The van der Waals surface area contributed by atoms with Crippen LogP contribution in [0.3, 0.4) is 0 Å². The van der Waals surface area contributed by atoms with E-state index < -0.39 is 10.0 Å². The van der Waals surface area contributed by atoms with E-state index in [0.717, 1.165) is 28.5 Å². The highest BCUT2D eigenvalue weighted by molar-refractivity contribution is 7.89. The number of nitrogens with one attached hydrogen (secondary N) is 1. The molecule has 1 saturated heterocycles. The van der Waals surface area contributed by atoms with Gasteiger partial charge in [-0.05, 0) is 36.2 Å². The molecule has 0 radical (unpaired) electrons. The first-order valence-corrected chi connectivity index (χ1v) is 11.9. The van der Waals surface area contributed by atoms with Crippen molar-refractivity contribution in [3.8, 4) is 0 Å². The summed E-state index contributed by atoms with van der Waals surface area (Å²) >= 11 is 6.18. The summed E-state index contributed by atoms with van der Waals surface area (Å²) in [6, 6.07) is 10.4. The number of carbonyl (C=O) groups is 1. The number of furan rings is 1. The van der Waals surface area contributed by atoms with Gasteiger partial charge in [0.15, 0.2) is 0 Å². The van der Waals surface area contributed by atoms with Crippen molar-refractivity contribution in [1.82, 2.24) is 4.31 Å². The molecule has 1 fully saturated rings. The number of aryl methyl sites for hydroxylation is 1. The van der Waals surface area contributed by atoms with Crippen molar-refractivity contribution in [1.29, 1.82) is 0 Å². The van der Waals surface area contributed by atoms with Crippen molar-refractivity contribution in [2.24, 2.45) is 0 Å². The average molecular weight is 463 g/mol. The Labute approximate surface area is 186 Å². The number of amides is 1. The number of rotatable bonds is 6. The topological polar surface area (TPSA) is 88.9 Å². The van der Waals surface area contributed by atoms with Gasteiger partial charge in [-0.15, -0.1) is 0 Å². The van der Waals surface area contributed by atoms with Gasteiger partial charge in [0.05, 0.1) is 30.9 Å². The highest BCUT2D eigenvalue weighted by Crippen LogP contribution is 2.29. The second kappa shape index (κ2) is 9.00. The molecule has 0 atom stereocenters. The molecule has 9 heteroatoms. The number of carbonyl (C=O) groups excluding carboxylic acids is 1. The van der Waals surface area contributed by atoms with Crippen molar-refractivity contribution in [2.75, 3.05) is 31.6 Å². The maximum atomic E-state index is 13.0. The van der Waals surface area contributed by atoms with Gasteiger partial charge in [-0.2, -0.15) is 4.31 Å². The van der Waals surface area contributed by atoms with Crippen LogP contribution in [0.25, 0.3) is 11.0 Å². The van der Waals surface area contributed by atoms with E-state index in [4.69, 9.17) is 20.8 Å². The van der Waals surface area contributed by atoms with E-state index in [2.05, 4.69) is 12.2 Å². The summed E-state index contributed by atoms with van der Waals surface area (Å²) in [6.07, 6.45) is 2.59. The van der Waals surface area contributed by atoms with E-state index in [0.29, 0.717) is 18.9 Å². The summed E-state index contributed by atoms with van der Waals surface area (Å²) in [5.74, 6) is -0.278. The normalized spacial score (nSPS) is 15.3. The van der Waals surface area contributed by atoms with Crippen molar-refractivity contribution >= 4 is 44.2 Å². The highest BCUT2D eigenvalue weighted by atomic mass is 35.5. The lowest BCUT2D eigenvalue weighted by Gasteiger charge is -2.26. The molecule has 1 aliphatic heterocycles. The Bertz CT molecular complexity index is 1220. The average Bonchev–Trinajstić information content (AvgIpc) is 3.17. The number of hydrogen-bond acceptors (Lipinski definition) is 5. The molecule has 7 nitrogen and oxygen atoms in total. The molecule has 4 rings (SSSR count). The molecule has 0 bridgehead atoms. The molecule has 164 valence electrons. The summed E-state index contributed by atoms with van der Waals surface area (Å²) in [6.45, 7) is 3.28. The monoisotopic (exact) mass is 462 g/mol. The lowest BCUT2D eigenvalue weighted by Crippen LogP contribution is -2.40. The molecule has 1 amide bonds. The van der Waals surface area contributed by atoms with Crippen molar-refractivity contribution < 1.29 is 22.4 Å². The second-order valence-corrected chi connectivity index (χ2v) is 9.65. The Morgan fingerprint density at radius 1 is 1.16 bits per heavy atom. The number of benzene rings is 2. The number of sulfonamides is 1. The maximum Gasteiger partial charge on any atom is 0.244 e. The fourth-order valence-corrected chi connectivity index (χ4v) is 5.48. The van der Waals surface area contributed by atoms with E-state index in [1.807, 2.05) is 18.2 Å². The van der Waals surface area contributed by atoms with E-state index in [1.165, 1.54) is 16.4 Å². The van der Waals surface area contributed by atoms with Crippen LogP contribution in [0.5, 0.6) is 0 Å². The lowest BCUT2D eigenvalue weighted by molar-refractivity contribution is -0.115. The Hall–Kier alpha value is -2.39. The van der Waals surface area contributed by atoms with Crippen LogP contribution in [-0.2, 0) is 32.4 Å². The first-order chi connectivity index (χ1) is 14.9. The third-order valence-corrected chi connectivity index (χ3v) is 7.66. The zero-order valence-corrected chi connectivity index (χ0v) is 18.6. The van der Waals surface area contributed by atoms with Gasteiger partial charge in [-0.3, -0.25) is 4.79 Å².